The summed E-state index contributed by atoms with van der Waals surface area (Å²) >= 11 is 11.9. The van der Waals surface area contributed by atoms with Crippen LogP contribution in [0.5, 0.6) is 11.5 Å². The lowest BCUT2D eigenvalue weighted by molar-refractivity contribution is 0.481. The Hall–Kier alpha value is -1.73. The van der Waals surface area contributed by atoms with Gasteiger partial charge >= 0.3 is 0 Å². The van der Waals surface area contributed by atoms with Crippen LogP contribution in [0.1, 0.15) is 11.1 Å². The van der Waals surface area contributed by atoms with Crippen molar-refractivity contribution in [2.24, 2.45) is 5.73 Å². The van der Waals surface area contributed by atoms with E-state index >= 15 is 0 Å². The summed E-state index contributed by atoms with van der Waals surface area (Å²) in [5.74, 6) is 0.829. The van der Waals surface area contributed by atoms with E-state index in [1.165, 1.54) is 0 Å². The Kier molecular flexibility index (Phi) is 4.28. The number of halogens is 2. The maximum Gasteiger partial charge on any atom is 0.147 e. The molecule has 0 heterocycles. The van der Waals surface area contributed by atoms with Crippen molar-refractivity contribution < 1.29 is 4.74 Å². The second-order valence-corrected chi connectivity index (χ2v) is 4.67. The number of nitriles is 1. The van der Waals surface area contributed by atoms with E-state index in [9.17, 15) is 0 Å². The van der Waals surface area contributed by atoms with E-state index in [2.05, 4.69) is 6.07 Å². The molecule has 0 aliphatic rings. The molecular weight excluding hydrogens is 283 g/mol. The zero-order valence-electron chi connectivity index (χ0n) is 9.86. The molecule has 0 fully saturated rings. The summed E-state index contributed by atoms with van der Waals surface area (Å²) in [6.07, 6.45) is 0. The summed E-state index contributed by atoms with van der Waals surface area (Å²) in [5, 5.41) is 10.0. The largest absolute Gasteiger partial charge is 0.454 e. The average Bonchev–Trinajstić information content (AvgIpc) is 2.43. The van der Waals surface area contributed by atoms with E-state index in [0.29, 0.717) is 33.7 Å². The molecule has 0 aromatic heterocycles. The van der Waals surface area contributed by atoms with Crippen LogP contribution in [0.15, 0.2) is 36.4 Å². The Morgan fingerprint density at radius 3 is 2.58 bits per heavy atom. The van der Waals surface area contributed by atoms with Crippen molar-refractivity contribution in [1.82, 2.24) is 0 Å². The van der Waals surface area contributed by atoms with Crippen LogP contribution in [0.2, 0.25) is 10.0 Å². The number of rotatable bonds is 3. The molecule has 5 heteroatoms. The van der Waals surface area contributed by atoms with Crippen LogP contribution in [-0.4, -0.2) is 0 Å². The lowest BCUT2D eigenvalue weighted by Gasteiger charge is -2.10. The average molecular weight is 293 g/mol. The molecule has 2 N–H and O–H groups in total. The molecule has 0 aliphatic carbocycles. The summed E-state index contributed by atoms with van der Waals surface area (Å²) in [5.41, 5.74) is 6.80. The second-order valence-electron chi connectivity index (χ2n) is 3.82. The standard InChI is InChI=1S/C14H10Cl2N2O/c15-11-2-3-12(16)14(6-11)19-13-4-1-9(7-17)5-10(13)8-18/h1-6H,7,17H2. The predicted molar refractivity (Wildman–Crippen MR) is 75.6 cm³/mol. The SMILES string of the molecule is N#Cc1cc(CN)ccc1Oc1cc(Cl)ccc1Cl. The molecule has 0 radical (unpaired) electrons. The van der Waals surface area contributed by atoms with Crippen LogP contribution < -0.4 is 10.5 Å². The lowest BCUT2D eigenvalue weighted by atomic mass is 10.1. The summed E-state index contributed by atoms with van der Waals surface area (Å²) in [6, 6.07) is 12.2. The lowest BCUT2D eigenvalue weighted by Crippen LogP contribution is -1.97. The van der Waals surface area contributed by atoms with Crippen molar-refractivity contribution in [3.8, 4) is 17.6 Å². The minimum Gasteiger partial charge on any atom is -0.454 e. The highest BCUT2D eigenvalue weighted by molar-refractivity contribution is 6.34. The van der Waals surface area contributed by atoms with Crippen molar-refractivity contribution in [1.29, 1.82) is 5.26 Å². The molecule has 3 nitrogen and oxygen atoms in total. The maximum atomic E-state index is 9.11. The second kappa shape index (κ2) is 5.94. The smallest absolute Gasteiger partial charge is 0.147 e. The van der Waals surface area contributed by atoms with Gasteiger partial charge in [-0.25, -0.2) is 0 Å². The van der Waals surface area contributed by atoms with Crippen LogP contribution in [-0.2, 0) is 6.54 Å². The number of hydrogen-bond acceptors (Lipinski definition) is 3. The van der Waals surface area contributed by atoms with E-state index in [0.717, 1.165) is 5.56 Å². The van der Waals surface area contributed by atoms with E-state index < -0.39 is 0 Å². The molecule has 0 atom stereocenters. The summed E-state index contributed by atoms with van der Waals surface area (Å²) in [4.78, 5) is 0. The maximum absolute atomic E-state index is 9.11. The minimum absolute atomic E-state index is 0.368. The third-order valence-corrected chi connectivity index (χ3v) is 3.06. The van der Waals surface area contributed by atoms with Crippen LogP contribution in [0.25, 0.3) is 0 Å². The fraction of sp³-hybridized carbons (Fsp3) is 0.0714. The van der Waals surface area contributed by atoms with Crippen LogP contribution in [0.3, 0.4) is 0 Å². The molecule has 0 amide bonds. The van der Waals surface area contributed by atoms with Gasteiger partial charge in [-0.15, -0.1) is 0 Å². The van der Waals surface area contributed by atoms with Crippen molar-refractivity contribution in [3.05, 3.63) is 57.6 Å². The molecule has 2 aromatic carbocycles. The van der Waals surface area contributed by atoms with Crippen molar-refractivity contribution in [3.63, 3.8) is 0 Å². The first-order valence-electron chi connectivity index (χ1n) is 5.50. The fourth-order valence-corrected chi connectivity index (χ4v) is 1.87. The van der Waals surface area contributed by atoms with Crippen molar-refractivity contribution in [2.45, 2.75) is 6.54 Å². The van der Waals surface area contributed by atoms with Gasteiger partial charge in [-0.05, 0) is 29.8 Å². The topological polar surface area (TPSA) is 59.0 Å². The van der Waals surface area contributed by atoms with Gasteiger partial charge in [0, 0.05) is 17.6 Å². The van der Waals surface area contributed by atoms with E-state index in [1.807, 2.05) is 0 Å². The normalized spacial score (nSPS) is 10.0. The van der Waals surface area contributed by atoms with Gasteiger partial charge in [-0.3, -0.25) is 0 Å². The van der Waals surface area contributed by atoms with Gasteiger partial charge in [0.05, 0.1) is 10.6 Å². The van der Waals surface area contributed by atoms with Crippen LogP contribution in [0.4, 0.5) is 0 Å². The highest BCUT2D eigenvalue weighted by atomic mass is 35.5. The van der Waals surface area contributed by atoms with Gasteiger partial charge in [-0.1, -0.05) is 29.3 Å². The monoisotopic (exact) mass is 292 g/mol. The zero-order valence-corrected chi connectivity index (χ0v) is 11.4. The first-order valence-corrected chi connectivity index (χ1v) is 6.25. The Labute approximate surface area is 121 Å². The third kappa shape index (κ3) is 3.18. The van der Waals surface area contributed by atoms with Gasteiger partial charge in [-0.2, -0.15) is 5.26 Å². The van der Waals surface area contributed by atoms with E-state index in [-0.39, 0.29) is 0 Å². The number of hydrogen-bond donors (Lipinski definition) is 1. The van der Waals surface area contributed by atoms with E-state index in [1.54, 1.807) is 36.4 Å². The van der Waals surface area contributed by atoms with E-state index in [4.69, 9.17) is 38.9 Å². The Bertz CT molecular complexity index is 650. The fourth-order valence-electron chi connectivity index (χ4n) is 1.55. The number of nitrogens with two attached hydrogens (primary N) is 1. The first-order chi connectivity index (χ1) is 9.13. The highest BCUT2D eigenvalue weighted by Crippen LogP contribution is 2.33. The first kappa shape index (κ1) is 13.7. The molecule has 0 unspecified atom stereocenters. The van der Waals surface area contributed by atoms with Gasteiger partial charge in [0.25, 0.3) is 0 Å². The third-order valence-electron chi connectivity index (χ3n) is 2.51. The van der Waals surface area contributed by atoms with Gasteiger partial charge in [0.15, 0.2) is 0 Å². The summed E-state index contributed by atoms with van der Waals surface area (Å²) < 4.78 is 5.63. The van der Waals surface area contributed by atoms with Gasteiger partial charge in [0.2, 0.25) is 0 Å². The molecule has 0 spiro atoms. The molecule has 0 aliphatic heterocycles. The quantitative estimate of drug-likeness (QED) is 0.926. The van der Waals surface area contributed by atoms with Gasteiger partial charge in [0.1, 0.15) is 17.6 Å². The molecule has 19 heavy (non-hydrogen) atoms. The predicted octanol–water partition coefficient (Wildman–Crippen LogP) is 4.12. The Morgan fingerprint density at radius 1 is 1.11 bits per heavy atom. The molecule has 0 saturated carbocycles. The number of ether oxygens (including phenoxy) is 1. The molecule has 2 aromatic rings. The highest BCUT2D eigenvalue weighted by Gasteiger charge is 2.09. The molecule has 0 bridgehead atoms. The van der Waals surface area contributed by atoms with Crippen molar-refractivity contribution >= 4 is 23.2 Å². The number of nitrogens with zero attached hydrogens (tertiary/aromatic N) is 1. The Morgan fingerprint density at radius 2 is 1.89 bits per heavy atom. The summed E-state index contributed by atoms with van der Waals surface area (Å²) in [7, 11) is 0. The number of benzene rings is 2. The summed E-state index contributed by atoms with van der Waals surface area (Å²) in [6.45, 7) is 0.368. The van der Waals surface area contributed by atoms with Crippen LogP contribution >= 0.6 is 23.2 Å². The molecule has 2 rings (SSSR count). The Balaban J connectivity index is 2.38. The molecule has 0 saturated heterocycles. The molecular formula is C14H10Cl2N2O. The van der Waals surface area contributed by atoms with Crippen molar-refractivity contribution in [2.75, 3.05) is 0 Å². The van der Waals surface area contributed by atoms with Crippen LogP contribution in [0, 0.1) is 11.3 Å². The minimum atomic E-state index is 0.368. The van der Waals surface area contributed by atoms with Gasteiger partial charge < -0.3 is 10.5 Å². The zero-order chi connectivity index (χ0) is 13.8. The molecule has 96 valence electrons.